The fourth-order valence-electron chi connectivity index (χ4n) is 7.89. The number of Topliss-reactive ketones (excluding diaryl/α,β-unsaturated/α-hetero) is 2. The molecular weight excluding hydrogens is 424 g/mol. The van der Waals surface area contributed by atoms with Crippen LogP contribution in [0.25, 0.3) is 0 Å². The molecule has 7 heteroatoms. The molecule has 0 aromatic rings. The number of carbonyl (C=O) groups excluding carboxylic acids is 4. The quantitative estimate of drug-likeness (QED) is 0.585. The van der Waals surface area contributed by atoms with Crippen LogP contribution in [0.5, 0.6) is 0 Å². The number of allylic oxidation sites excluding steroid dienone is 1. The number of hydrogen-bond donors (Lipinski definition) is 2. The Morgan fingerprint density at radius 3 is 2.61 bits per heavy atom. The minimum absolute atomic E-state index is 0.0446. The largest absolute Gasteiger partial charge is 0.450 e. The number of ether oxygens (including phenoxy) is 1. The van der Waals surface area contributed by atoms with E-state index in [9.17, 15) is 29.4 Å². The van der Waals surface area contributed by atoms with Crippen LogP contribution in [0.3, 0.4) is 0 Å². The molecule has 4 aliphatic rings. The average Bonchev–Trinajstić information content (AvgIpc) is 3.05. The summed E-state index contributed by atoms with van der Waals surface area (Å²) in [5.74, 6) is -1.58. The van der Waals surface area contributed by atoms with Gasteiger partial charge in [0.15, 0.2) is 17.2 Å². The molecule has 0 saturated heterocycles. The van der Waals surface area contributed by atoms with Gasteiger partial charge in [-0.05, 0) is 55.9 Å². The Morgan fingerprint density at radius 1 is 1.21 bits per heavy atom. The summed E-state index contributed by atoms with van der Waals surface area (Å²) in [7, 11) is 0. The summed E-state index contributed by atoms with van der Waals surface area (Å²) in [6, 6.07) is 0. The number of rotatable bonds is 6. The molecule has 4 rings (SSSR count). The molecule has 33 heavy (non-hydrogen) atoms. The number of carbonyl (C=O) groups is 4. The van der Waals surface area contributed by atoms with Crippen molar-refractivity contribution in [2.24, 2.45) is 28.6 Å². The second-order valence-electron chi connectivity index (χ2n) is 11.1. The molecule has 0 aliphatic heterocycles. The van der Waals surface area contributed by atoms with E-state index in [0.717, 1.165) is 6.42 Å². The lowest BCUT2D eigenvalue weighted by atomic mass is 9.45. The third-order valence-electron chi connectivity index (χ3n) is 9.46. The van der Waals surface area contributed by atoms with Gasteiger partial charge in [-0.25, -0.2) is 0 Å². The summed E-state index contributed by atoms with van der Waals surface area (Å²) >= 11 is 0. The van der Waals surface area contributed by atoms with Crippen LogP contribution in [0.4, 0.5) is 0 Å². The Labute approximate surface area is 194 Å². The number of aliphatic hydroxyl groups excluding tert-OH is 2. The van der Waals surface area contributed by atoms with Crippen LogP contribution < -0.4 is 0 Å². The molecule has 3 fully saturated rings. The monoisotopic (exact) mass is 460 g/mol. The summed E-state index contributed by atoms with van der Waals surface area (Å²) in [4.78, 5) is 51.1. The van der Waals surface area contributed by atoms with E-state index in [4.69, 9.17) is 4.74 Å². The van der Waals surface area contributed by atoms with E-state index in [1.54, 1.807) is 0 Å². The van der Waals surface area contributed by atoms with E-state index < -0.39 is 40.9 Å². The van der Waals surface area contributed by atoms with Gasteiger partial charge in [-0.15, -0.1) is 0 Å². The second kappa shape index (κ2) is 8.42. The molecule has 4 aliphatic carbocycles. The van der Waals surface area contributed by atoms with Gasteiger partial charge >= 0.3 is 5.97 Å². The van der Waals surface area contributed by atoms with Crippen molar-refractivity contribution >= 4 is 23.3 Å². The zero-order valence-corrected chi connectivity index (χ0v) is 19.9. The molecule has 0 unspecified atom stereocenters. The smallest absolute Gasteiger partial charge is 0.306 e. The third-order valence-corrected chi connectivity index (χ3v) is 9.46. The molecule has 182 valence electrons. The van der Waals surface area contributed by atoms with E-state index in [1.165, 1.54) is 6.08 Å². The summed E-state index contributed by atoms with van der Waals surface area (Å²) in [6.07, 6.45) is 4.53. The first-order chi connectivity index (χ1) is 15.5. The highest BCUT2D eigenvalue weighted by molar-refractivity contribution is 6.06. The molecule has 0 radical (unpaired) electrons. The molecule has 0 heterocycles. The van der Waals surface area contributed by atoms with E-state index in [1.807, 2.05) is 20.8 Å². The Balaban J connectivity index is 1.74. The lowest BCUT2D eigenvalue weighted by Gasteiger charge is -2.60. The van der Waals surface area contributed by atoms with Crippen LogP contribution in [0, 0.1) is 28.6 Å². The van der Waals surface area contributed by atoms with Gasteiger partial charge in [-0.2, -0.15) is 0 Å². The van der Waals surface area contributed by atoms with Gasteiger partial charge in [0.1, 0.15) is 6.61 Å². The van der Waals surface area contributed by atoms with Crippen LogP contribution >= 0.6 is 0 Å². The van der Waals surface area contributed by atoms with Gasteiger partial charge in [0, 0.05) is 35.7 Å². The lowest BCUT2D eigenvalue weighted by molar-refractivity contribution is -0.202. The Morgan fingerprint density at radius 2 is 1.94 bits per heavy atom. The highest BCUT2D eigenvalue weighted by Gasteiger charge is 2.71. The van der Waals surface area contributed by atoms with Gasteiger partial charge in [0.2, 0.25) is 5.78 Å². The van der Waals surface area contributed by atoms with Gasteiger partial charge in [-0.3, -0.25) is 19.2 Å². The van der Waals surface area contributed by atoms with Crippen molar-refractivity contribution < 1.29 is 34.1 Å². The zero-order valence-electron chi connectivity index (χ0n) is 19.9. The van der Waals surface area contributed by atoms with Gasteiger partial charge in [0.25, 0.3) is 0 Å². The standard InChI is InChI=1S/C26H36O7/c1-4-5-6-22(32)33-26(21(31)14-27)10-8-17-16-12-19(29)18-11-15(28)7-9-24(18,2)23(16)20(30)13-25(17,26)3/h11,16-17,20,23,27,30H,4-10,12-14H2,1-3H3/t16-,17-,20-,23+,24-,25-,26-/m0/s1. The maximum absolute atomic E-state index is 13.2. The molecule has 3 saturated carbocycles. The average molecular weight is 461 g/mol. The molecule has 0 amide bonds. The molecule has 0 bridgehead atoms. The van der Waals surface area contributed by atoms with Crippen LogP contribution in [-0.4, -0.2) is 51.8 Å². The lowest BCUT2D eigenvalue weighted by Crippen LogP contribution is -2.64. The first kappa shape index (κ1) is 24.3. The third kappa shape index (κ3) is 3.45. The molecule has 7 atom stereocenters. The highest BCUT2D eigenvalue weighted by Crippen LogP contribution is 2.68. The van der Waals surface area contributed by atoms with Crippen LogP contribution in [0.15, 0.2) is 11.6 Å². The molecule has 0 spiro atoms. The van der Waals surface area contributed by atoms with Crippen molar-refractivity contribution in [2.75, 3.05) is 6.61 Å². The number of fused-ring (bicyclic) bond motifs is 5. The predicted molar refractivity (Wildman–Crippen MR) is 119 cm³/mol. The van der Waals surface area contributed by atoms with E-state index in [2.05, 4.69) is 0 Å². The minimum atomic E-state index is -1.49. The van der Waals surface area contributed by atoms with E-state index in [-0.39, 0.29) is 55.0 Å². The number of hydrogen-bond acceptors (Lipinski definition) is 7. The number of unbranched alkanes of at least 4 members (excludes halogenated alkanes) is 1. The normalized spacial score (nSPS) is 42.2. The van der Waals surface area contributed by atoms with Crippen molar-refractivity contribution in [3.63, 3.8) is 0 Å². The summed E-state index contributed by atoms with van der Waals surface area (Å²) < 4.78 is 5.93. The first-order valence-electron chi connectivity index (χ1n) is 12.4. The van der Waals surface area contributed by atoms with Gasteiger partial charge < -0.3 is 14.9 Å². The SMILES string of the molecule is CCCCC(=O)O[C@]1(C(=O)CO)CC[C@H]2[C@@H]3CC(=O)C4=CC(=O)CC[C@]4(C)[C@H]3[C@@H](O)C[C@@]21C. The van der Waals surface area contributed by atoms with Crippen LogP contribution in [-0.2, 0) is 23.9 Å². The minimum Gasteiger partial charge on any atom is -0.450 e. The zero-order chi connectivity index (χ0) is 24.2. The second-order valence-corrected chi connectivity index (χ2v) is 11.1. The number of ketones is 3. The van der Waals surface area contributed by atoms with E-state index >= 15 is 0 Å². The molecule has 0 aromatic carbocycles. The van der Waals surface area contributed by atoms with E-state index in [0.29, 0.717) is 31.3 Å². The molecule has 7 nitrogen and oxygen atoms in total. The van der Waals surface area contributed by atoms with Crippen molar-refractivity contribution in [3.8, 4) is 0 Å². The molecular formula is C26H36O7. The predicted octanol–water partition coefficient (Wildman–Crippen LogP) is 2.70. The number of aliphatic hydroxyl groups is 2. The van der Waals surface area contributed by atoms with Crippen LogP contribution in [0.1, 0.15) is 78.6 Å². The fraction of sp³-hybridized carbons (Fsp3) is 0.769. The summed E-state index contributed by atoms with van der Waals surface area (Å²) in [6.45, 7) is 5.10. The fourth-order valence-corrected chi connectivity index (χ4v) is 7.89. The Hall–Kier alpha value is -1.86. The first-order valence-corrected chi connectivity index (χ1v) is 12.4. The van der Waals surface area contributed by atoms with Crippen molar-refractivity contribution in [3.05, 3.63) is 11.6 Å². The van der Waals surface area contributed by atoms with Crippen molar-refractivity contribution in [2.45, 2.75) is 90.3 Å². The molecule has 2 N–H and O–H groups in total. The van der Waals surface area contributed by atoms with Crippen LogP contribution in [0.2, 0.25) is 0 Å². The summed E-state index contributed by atoms with van der Waals surface area (Å²) in [5, 5.41) is 21.3. The Kier molecular flexibility index (Phi) is 6.19. The number of esters is 1. The van der Waals surface area contributed by atoms with Crippen molar-refractivity contribution in [1.82, 2.24) is 0 Å². The highest BCUT2D eigenvalue weighted by atomic mass is 16.6. The van der Waals surface area contributed by atoms with Crippen molar-refractivity contribution in [1.29, 1.82) is 0 Å². The topological polar surface area (TPSA) is 118 Å². The molecule has 0 aromatic heterocycles. The maximum Gasteiger partial charge on any atom is 0.306 e. The maximum atomic E-state index is 13.2. The van der Waals surface area contributed by atoms with Gasteiger partial charge in [0.05, 0.1) is 6.10 Å². The van der Waals surface area contributed by atoms with Gasteiger partial charge in [-0.1, -0.05) is 27.2 Å². The summed E-state index contributed by atoms with van der Waals surface area (Å²) in [5.41, 5.74) is -2.42. The Bertz CT molecular complexity index is 906.